The van der Waals surface area contributed by atoms with Gasteiger partial charge in [0, 0.05) is 27.7 Å². The van der Waals surface area contributed by atoms with Crippen molar-refractivity contribution >= 4 is 51.5 Å². The molecule has 1 aliphatic carbocycles. The number of amides is 2. The van der Waals surface area contributed by atoms with Crippen LogP contribution < -0.4 is 14.8 Å². The number of nitrogens with zero attached hydrogens (tertiary/aromatic N) is 5. The lowest BCUT2D eigenvalue weighted by atomic mass is 9.79. The average molecular weight is 629 g/mol. The molecule has 0 bridgehead atoms. The van der Waals surface area contributed by atoms with E-state index < -0.39 is 5.54 Å². The van der Waals surface area contributed by atoms with Crippen molar-refractivity contribution in [3.05, 3.63) is 82.1 Å². The molecule has 1 aliphatic heterocycles. The van der Waals surface area contributed by atoms with Crippen LogP contribution in [0.25, 0.3) is 22.3 Å². The van der Waals surface area contributed by atoms with Crippen molar-refractivity contribution < 1.29 is 19.1 Å². The Hall–Kier alpha value is -4.48. The summed E-state index contributed by atoms with van der Waals surface area (Å²) in [7, 11) is 0. The predicted octanol–water partition coefficient (Wildman–Crippen LogP) is 6.31. The number of carbonyl (C=O) groups excluding carboxylic acids is 2. The van der Waals surface area contributed by atoms with Gasteiger partial charge in [-0.3, -0.25) is 9.59 Å². The van der Waals surface area contributed by atoms with Gasteiger partial charge in [-0.1, -0.05) is 60.3 Å². The van der Waals surface area contributed by atoms with Gasteiger partial charge in [0.05, 0.1) is 17.8 Å². The molecule has 1 saturated carbocycles. The number of rotatable bonds is 8. The zero-order chi connectivity index (χ0) is 30.1. The summed E-state index contributed by atoms with van der Waals surface area (Å²) in [5.74, 6) is 0.741. The van der Waals surface area contributed by atoms with Gasteiger partial charge < -0.3 is 19.7 Å². The highest BCUT2D eigenvalue weighted by atomic mass is 35.5. The first-order chi connectivity index (χ1) is 21.5. The fourth-order valence-electron chi connectivity index (χ4n) is 5.98. The molecule has 3 aromatic carbocycles. The predicted molar refractivity (Wildman–Crippen MR) is 168 cm³/mol. The topological polar surface area (TPSA) is 111 Å². The lowest BCUT2D eigenvalue weighted by Crippen LogP contribution is -2.60. The van der Waals surface area contributed by atoms with E-state index in [-0.39, 0.29) is 31.7 Å². The molecule has 1 N–H and O–H groups in total. The number of benzene rings is 3. The van der Waals surface area contributed by atoms with Crippen LogP contribution in [-0.2, 0) is 22.7 Å². The van der Waals surface area contributed by atoms with E-state index in [1.807, 2.05) is 53.9 Å². The Morgan fingerprint density at radius 2 is 1.80 bits per heavy atom. The van der Waals surface area contributed by atoms with E-state index in [9.17, 15) is 9.59 Å². The van der Waals surface area contributed by atoms with Gasteiger partial charge >= 0.3 is 0 Å². The largest absolute Gasteiger partial charge is 0.454 e. The van der Waals surface area contributed by atoms with E-state index in [0.29, 0.717) is 40.6 Å². The number of nitrogens with one attached hydrogen (secondary N) is 1. The molecule has 2 aromatic heterocycles. The zero-order valence-electron chi connectivity index (χ0n) is 23.7. The van der Waals surface area contributed by atoms with Crippen molar-refractivity contribution in [3.8, 4) is 22.8 Å². The highest BCUT2D eigenvalue weighted by Crippen LogP contribution is 2.39. The number of carbonyl (C=O) groups is 2. The molecule has 10 nitrogen and oxygen atoms in total. The third-order valence-electron chi connectivity index (χ3n) is 8.24. The molecular weight excluding hydrogens is 600 g/mol. The van der Waals surface area contributed by atoms with Gasteiger partial charge in [-0.05, 0) is 49.2 Å². The first kappa shape index (κ1) is 28.3. The number of halogens is 1. The molecule has 0 atom stereocenters. The lowest BCUT2D eigenvalue weighted by Gasteiger charge is -2.44. The monoisotopic (exact) mass is 628 g/mol. The summed E-state index contributed by atoms with van der Waals surface area (Å²) in [6.45, 7) is 0.259. The molecular formula is C32H29ClN6O4S. The fourth-order valence-corrected chi connectivity index (χ4v) is 6.89. The molecule has 1 fully saturated rings. The van der Waals surface area contributed by atoms with Crippen LogP contribution in [0.1, 0.15) is 37.1 Å². The summed E-state index contributed by atoms with van der Waals surface area (Å²) in [6, 6.07) is 20.3. The van der Waals surface area contributed by atoms with Gasteiger partial charge in [-0.2, -0.15) is 0 Å². The fraction of sp³-hybridized carbons (Fsp3) is 0.281. The van der Waals surface area contributed by atoms with Crippen LogP contribution in [-0.4, -0.2) is 49.0 Å². The second-order valence-corrected chi connectivity index (χ2v) is 12.3. The summed E-state index contributed by atoms with van der Waals surface area (Å²) in [4.78, 5) is 35.3. The molecule has 2 amide bonds. The Bertz CT molecular complexity index is 1830. The van der Waals surface area contributed by atoms with Crippen molar-refractivity contribution in [2.75, 3.05) is 12.1 Å². The molecule has 5 aromatic rings. The normalized spacial score (nSPS) is 15.3. The van der Waals surface area contributed by atoms with Gasteiger partial charge in [0.2, 0.25) is 18.6 Å². The van der Waals surface area contributed by atoms with Gasteiger partial charge in [-0.25, -0.2) is 9.67 Å². The highest BCUT2D eigenvalue weighted by Gasteiger charge is 2.47. The molecule has 0 radical (unpaired) electrons. The van der Waals surface area contributed by atoms with Crippen LogP contribution in [0.2, 0.25) is 5.02 Å². The van der Waals surface area contributed by atoms with Gasteiger partial charge in [0.15, 0.2) is 11.5 Å². The summed E-state index contributed by atoms with van der Waals surface area (Å²) in [6.07, 6.45) is 3.69. The van der Waals surface area contributed by atoms with Crippen LogP contribution >= 0.6 is 22.9 Å². The molecule has 3 heterocycles. The highest BCUT2D eigenvalue weighted by molar-refractivity contribution is 7.09. The van der Waals surface area contributed by atoms with Crippen molar-refractivity contribution in [3.63, 3.8) is 0 Å². The number of fused-ring (bicyclic) bond motifs is 2. The number of hydrogen-bond acceptors (Lipinski definition) is 8. The van der Waals surface area contributed by atoms with Crippen LogP contribution in [0.4, 0.5) is 5.69 Å². The van der Waals surface area contributed by atoms with Crippen LogP contribution in [0.15, 0.2) is 72.1 Å². The molecule has 44 heavy (non-hydrogen) atoms. The Morgan fingerprint density at radius 1 is 1.00 bits per heavy atom. The van der Waals surface area contributed by atoms with Crippen molar-refractivity contribution in [2.45, 2.75) is 50.7 Å². The number of ether oxygens (including phenoxy) is 2. The standard InChI is InChI=1S/C32H29ClN6O4S/c33-22-10-8-21(9-11-22)25-19-44-29(35-25)17-38(30(40)18-39-26-7-3-2-6-24(26)36-37-39)32(14-4-1-5-15-32)31(41)34-23-12-13-27-28(16-23)43-20-42-27/h2-3,6-13,16,19H,1,4-5,14-15,17-18,20H2,(H,34,41). The maximum atomic E-state index is 14.4. The SMILES string of the molecule is O=C(Cn1nnc2ccccc21)N(Cc1nc(-c2ccc(Cl)cc2)cs1)C1(C(=O)Nc2ccc3c(c2)OCO3)CCCCC1. The van der Waals surface area contributed by atoms with Crippen LogP contribution in [0.3, 0.4) is 0 Å². The number of anilines is 1. The third-order valence-corrected chi connectivity index (χ3v) is 9.33. The first-order valence-corrected chi connectivity index (χ1v) is 15.7. The quantitative estimate of drug-likeness (QED) is 0.214. The maximum Gasteiger partial charge on any atom is 0.250 e. The molecule has 0 spiro atoms. The Balaban J connectivity index is 1.23. The number of aromatic nitrogens is 4. The zero-order valence-corrected chi connectivity index (χ0v) is 25.3. The van der Waals surface area contributed by atoms with Crippen LogP contribution in [0, 0.1) is 0 Å². The molecule has 7 rings (SSSR count). The van der Waals surface area contributed by atoms with Crippen molar-refractivity contribution in [1.29, 1.82) is 0 Å². The Labute approximate surface area is 262 Å². The summed E-state index contributed by atoms with van der Waals surface area (Å²) >= 11 is 7.56. The second kappa shape index (κ2) is 11.9. The van der Waals surface area contributed by atoms with E-state index in [1.54, 1.807) is 27.8 Å². The Kier molecular flexibility index (Phi) is 7.65. The molecule has 12 heteroatoms. The Morgan fingerprint density at radius 3 is 2.64 bits per heavy atom. The molecule has 224 valence electrons. The van der Waals surface area contributed by atoms with Crippen molar-refractivity contribution in [1.82, 2.24) is 24.9 Å². The second-order valence-electron chi connectivity index (χ2n) is 11.0. The average Bonchev–Trinajstić information content (AvgIpc) is 3.81. The van der Waals surface area contributed by atoms with E-state index in [0.717, 1.165) is 41.0 Å². The van der Waals surface area contributed by atoms with Gasteiger partial charge in [0.25, 0.3) is 0 Å². The number of para-hydroxylation sites is 1. The van der Waals surface area contributed by atoms with E-state index in [1.165, 1.54) is 11.3 Å². The lowest BCUT2D eigenvalue weighted by molar-refractivity contribution is -0.149. The number of thiazole rings is 1. The minimum Gasteiger partial charge on any atom is -0.454 e. The summed E-state index contributed by atoms with van der Waals surface area (Å²) in [5, 5.41) is 14.9. The summed E-state index contributed by atoms with van der Waals surface area (Å²) < 4.78 is 12.6. The molecule has 0 unspecified atom stereocenters. The molecule has 0 saturated heterocycles. The minimum atomic E-state index is -1.09. The third kappa shape index (κ3) is 5.48. The van der Waals surface area contributed by atoms with Crippen LogP contribution in [0.5, 0.6) is 11.5 Å². The maximum absolute atomic E-state index is 14.4. The van der Waals surface area contributed by atoms with E-state index in [4.69, 9.17) is 26.1 Å². The first-order valence-electron chi connectivity index (χ1n) is 14.5. The van der Waals surface area contributed by atoms with Gasteiger partial charge in [0.1, 0.15) is 22.6 Å². The number of hydrogen-bond donors (Lipinski definition) is 1. The van der Waals surface area contributed by atoms with E-state index in [2.05, 4.69) is 15.6 Å². The summed E-state index contributed by atoms with van der Waals surface area (Å²) in [5.41, 5.74) is 2.66. The minimum absolute atomic E-state index is 0.0605. The van der Waals surface area contributed by atoms with E-state index >= 15 is 0 Å². The smallest absolute Gasteiger partial charge is 0.250 e. The van der Waals surface area contributed by atoms with Crippen molar-refractivity contribution in [2.24, 2.45) is 0 Å². The van der Waals surface area contributed by atoms with Gasteiger partial charge in [-0.15, -0.1) is 16.4 Å². The molecule has 2 aliphatic rings.